The van der Waals surface area contributed by atoms with Crippen molar-refractivity contribution in [2.24, 2.45) is 0 Å². The Morgan fingerprint density at radius 3 is 2.63 bits per heavy atom. The lowest BCUT2D eigenvalue weighted by Crippen LogP contribution is -2.08. The molecule has 0 amide bonds. The molecule has 0 aliphatic carbocycles. The van der Waals surface area contributed by atoms with Crippen LogP contribution in [0.5, 0.6) is 5.75 Å². The van der Waals surface area contributed by atoms with Gasteiger partial charge in [-0.25, -0.2) is 0 Å². The summed E-state index contributed by atoms with van der Waals surface area (Å²) in [5.74, 6) is 0.925. The summed E-state index contributed by atoms with van der Waals surface area (Å²) in [5.41, 5.74) is 3.67. The Kier molecular flexibility index (Phi) is 4.45. The molecule has 2 heteroatoms. The average molecular weight is 255 g/mol. The number of anilines is 1. The molecule has 1 N–H and O–H groups in total. The molecule has 0 fully saturated rings. The smallest absolute Gasteiger partial charge is 0.124 e. The predicted molar refractivity (Wildman–Crippen MR) is 80.9 cm³/mol. The van der Waals surface area contributed by atoms with E-state index in [-0.39, 0.29) is 6.04 Å². The lowest BCUT2D eigenvalue weighted by Gasteiger charge is -2.18. The van der Waals surface area contributed by atoms with Crippen LogP contribution in [0.3, 0.4) is 0 Å². The number of hydrogen-bond acceptors (Lipinski definition) is 2. The highest BCUT2D eigenvalue weighted by Gasteiger charge is 2.10. The third kappa shape index (κ3) is 3.28. The van der Waals surface area contributed by atoms with Crippen LogP contribution < -0.4 is 10.1 Å². The highest BCUT2D eigenvalue weighted by molar-refractivity contribution is 5.49. The van der Waals surface area contributed by atoms with Gasteiger partial charge in [0.1, 0.15) is 5.75 Å². The minimum Gasteiger partial charge on any atom is -0.496 e. The van der Waals surface area contributed by atoms with E-state index in [1.165, 1.54) is 11.1 Å². The second-order valence-corrected chi connectivity index (χ2v) is 4.66. The van der Waals surface area contributed by atoms with Crippen LogP contribution in [0.1, 0.15) is 31.0 Å². The largest absolute Gasteiger partial charge is 0.496 e. The molecule has 0 aromatic heterocycles. The van der Waals surface area contributed by atoms with E-state index in [9.17, 15) is 0 Å². The van der Waals surface area contributed by atoms with Gasteiger partial charge >= 0.3 is 0 Å². The minimum absolute atomic E-state index is 0.211. The van der Waals surface area contributed by atoms with Gasteiger partial charge in [0.25, 0.3) is 0 Å². The second kappa shape index (κ2) is 6.28. The molecule has 2 aromatic rings. The molecular formula is C17H21NO. The third-order valence-corrected chi connectivity index (χ3v) is 3.32. The summed E-state index contributed by atoms with van der Waals surface area (Å²) in [5, 5.41) is 3.53. The van der Waals surface area contributed by atoms with Crippen LogP contribution in [0.15, 0.2) is 48.5 Å². The van der Waals surface area contributed by atoms with Crippen molar-refractivity contribution in [2.75, 3.05) is 12.4 Å². The van der Waals surface area contributed by atoms with Crippen molar-refractivity contribution >= 4 is 5.69 Å². The molecule has 19 heavy (non-hydrogen) atoms. The van der Waals surface area contributed by atoms with E-state index in [0.717, 1.165) is 17.9 Å². The topological polar surface area (TPSA) is 21.3 Å². The maximum absolute atomic E-state index is 5.41. The first kappa shape index (κ1) is 13.5. The Morgan fingerprint density at radius 1 is 1.11 bits per heavy atom. The number of para-hydroxylation sites is 1. The quantitative estimate of drug-likeness (QED) is 0.853. The molecule has 2 aromatic carbocycles. The first-order valence-corrected chi connectivity index (χ1v) is 6.73. The third-order valence-electron chi connectivity index (χ3n) is 3.32. The summed E-state index contributed by atoms with van der Waals surface area (Å²) < 4.78 is 5.41. The fourth-order valence-electron chi connectivity index (χ4n) is 2.23. The number of nitrogens with one attached hydrogen (secondary N) is 1. The Morgan fingerprint density at radius 2 is 1.89 bits per heavy atom. The van der Waals surface area contributed by atoms with Gasteiger partial charge in [0.15, 0.2) is 0 Å². The van der Waals surface area contributed by atoms with E-state index in [0.29, 0.717) is 0 Å². The molecule has 0 saturated carbocycles. The molecule has 1 atom stereocenters. The summed E-state index contributed by atoms with van der Waals surface area (Å²) in [6, 6.07) is 16.9. The van der Waals surface area contributed by atoms with Crippen molar-refractivity contribution in [1.82, 2.24) is 0 Å². The second-order valence-electron chi connectivity index (χ2n) is 4.66. The Bertz CT molecular complexity index is 536. The highest BCUT2D eigenvalue weighted by atomic mass is 16.5. The Labute approximate surface area is 115 Å². The van der Waals surface area contributed by atoms with E-state index in [1.54, 1.807) is 7.11 Å². The van der Waals surface area contributed by atoms with Gasteiger partial charge in [-0.1, -0.05) is 37.3 Å². The van der Waals surface area contributed by atoms with Crippen LogP contribution in [0.25, 0.3) is 0 Å². The molecule has 0 radical (unpaired) electrons. The fraction of sp³-hybridized carbons (Fsp3) is 0.294. The van der Waals surface area contributed by atoms with E-state index in [2.05, 4.69) is 49.5 Å². The molecule has 2 rings (SSSR count). The van der Waals surface area contributed by atoms with Crippen molar-refractivity contribution in [2.45, 2.75) is 26.3 Å². The van der Waals surface area contributed by atoms with Crippen molar-refractivity contribution < 1.29 is 4.74 Å². The van der Waals surface area contributed by atoms with Crippen molar-refractivity contribution in [3.63, 3.8) is 0 Å². The van der Waals surface area contributed by atoms with Crippen molar-refractivity contribution in [3.05, 3.63) is 59.7 Å². The molecular weight excluding hydrogens is 234 g/mol. The minimum atomic E-state index is 0.211. The molecule has 0 aliphatic heterocycles. The lowest BCUT2D eigenvalue weighted by molar-refractivity contribution is 0.408. The van der Waals surface area contributed by atoms with Crippen LogP contribution >= 0.6 is 0 Å². The molecule has 0 bridgehead atoms. The normalized spacial score (nSPS) is 11.9. The van der Waals surface area contributed by atoms with Crippen LogP contribution in [-0.2, 0) is 6.42 Å². The van der Waals surface area contributed by atoms with Gasteiger partial charge in [-0.15, -0.1) is 0 Å². The van der Waals surface area contributed by atoms with E-state index in [4.69, 9.17) is 4.74 Å². The number of aryl methyl sites for hydroxylation is 1. The predicted octanol–water partition coefficient (Wildman–Crippen LogP) is 4.43. The number of methoxy groups -OCH3 is 1. The average Bonchev–Trinajstić information content (AvgIpc) is 2.47. The maximum atomic E-state index is 5.41. The maximum Gasteiger partial charge on any atom is 0.124 e. The first-order chi connectivity index (χ1) is 9.24. The summed E-state index contributed by atoms with van der Waals surface area (Å²) in [4.78, 5) is 0. The van der Waals surface area contributed by atoms with Gasteiger partial charge in [-0.3, -0.25) is 0 Å². The van der Waals surface area contributed by atoms with Crippen LogP contribution in [0.4, 0.5) is 5.69 Å². The zero-order valence-corrected chi connectivity index (χ0v) is 11.8. The van der Waals surface area contributed by atoms with Gasteiger partial charge < -0.3 is 10.1 Å². The standard InChI is InChI=1S/C17H21NO/c1-4-14-8-7-9-15(12-14)18-13(2)16-10-5-6-11-17(16)19-3/h5-13,18H,4H2,1-3H3. The number of hydrogen-bond donors (Lipinski definition) is 1. The summed E-state index contributed by atoms with van der Waals surface area (Å²) >= 11 is 0. The summed E-state index contributed by atoms with van der Waals surface area (Å²) in [6.07, 6.45) is 1.05. The van der Waals surface area contributed by atoms with Gasteiger partial charge in [-0.2, -0.15) is 0 Å². The summed E-state index contributed by atoms with van der Waals surface area (Å²) in [7, 11) is 1.71. The summed E-state index contributed by atoms with van der Waals surface area (Å²) in [6.45, 7) is 4.32. The van der Waals surface area contributed by atoms with E-state index in [1.807, 2.05) is 18.2 Å². The van der Waals surface area contributed by atoms with Crippen LogP contribution in [0.2, 0.25) is 0 Å². The Balaban J connectivity index is 2.18. The zero-order chi connectivity index (χ0) is 13.7. The zero-order valence-electron chi connectivity index (χ0n) is 11.8. The molecule has 1 unspecified atom stereocenters. The highest BCUT2D eigenvalue weighted by Crippen LogP contribution is 2.27. The molecule has 2 nitrogen and oxygen atoms in total. The molecule has 0 aliphatic rings. The molecule has 0 saturated heterocycles. The van der Waals surface area contributed by atoms with Gasteiger partial charge in [0.2, 0.25) is 0 Å². The van der Waals surface area contributed by atoms with Gasteiger partial charge in [0, 0.05) is 11.3 Å². The Hall–Kier alpha value is -1.96. The molecule has 0 spiro atoms. The van der Waals surface area contributed by atoms with Crippen molar-refractivity contribution in [1.29, 1.82) is 0 Å². The number of rotatable bonds is 5. The van der Waals surface area contributed by atoms with Crippen LogP contribution in [-0.4, -0.2) is 7.11 Å². The number of benzene rings is 2. The monoisotopic (exact) mass is 255 g/mol. The van der Waals surface area contributed by atoms with E-state index >= 15 is 0 Å². The van der Waals surface area contributed by atoms with E-state index < -0.39 is 0 Å². The van der Waals surface area contributed by atoms with Crippen molar-refractivity contribution in [3.8, 4) is 5.75 Å². The lowest BCUT2D eigenvalue weighted by atomic mass is 10.1. The SMILES string of the molecule is CCc1cccc(NC(C)c2ccccc2OC)c1. The van der Waals surface area contributed by atoms with Gasteiger partial charge in [-0.05, 0) is 37.1 Å². The van der Waals surface area contributed by atoms with Gasteiger partial charge in [0.05, 0.1) is 13.2 Å². The first-order valence-electron chi connectivity index (χ1n) is 6.73. The fourth-order valence-corrected chi connectivity index (χ4v) is 2.23. The molecule has 0 heterocycles. The number of ether oxygens (including phenoxy) is 1. The molecule has 100 valence electrons. The van der Waals surface area contributed by atoms with Crippen LogP contribution in [0, 0.1) is 0 Å².